The fourth-order valence-corrected chi connectivity index (χ4v) is 2.68. The second-order valence-corrected chi connectivity index (χ2v) is 6.01. The number of hydrogen-bond acceptors (Lipinski definition) is 6. The highest BCUT2D eigenvalue weighted by Gasteiger charge is 2.23. The number of nitrogens with one attached hydrogen (secondary N) is 2. The summed E-state index contributed by atoms with van der Waals surface area (Å²) in [5.41, 5.74) is 0. The largest absolute Gasteiger partial charge is 0.461 e. The highest BCUT2D eigenvalue weighted by Crippen LogP contribution is 2.31. The predicted octanol–water partition coefficient (Wildman–Crippen LogP) is 2.94. The molecule has 0 aliphatic heterocycles. The molecule has 0 aromatic carbocycles. The molecule has 2 atom stereocenters. The fraction of sp³-hybridized carbons (Fsp3) is 0.800. The first kappa shape index (κ1) is 15.8. The molecule has 2 N–H and O–H groups in total. The molecule has 118 valence electrons. The molecule has 1 aliphatic rings. The summed E-state index contributed by atoms with van der Waals surface area (Å²) in [6.07, 6.45) is 3.99. The molecule has 1 aliphatic carbocycles. The Balaban J connectivity index is 2.03. The zero-order valence-electron chi connectivity index (χ0n) is 13.5. The minimum Gasteiger partial charge on any atom is -0.461 e. The molecule has 0 amide bonds. The maximum Gasteiger partial charge on any atom is 0.323 e. The highest BCUT2D eigenvalue weighted by atomic mass is 16.5. The zero-order chi connectivity index (χ0) is 15.2. The molecule has 6 nitrogen and oxygen atoms in total. The van der Waals surface area contributed by atoms with Gasteiger partial charge in [-0.1, -0.05) is 19.8 Å². The second kappa shape index (κ2) is 7.43. The van der Waals surface area contributed by atoms with Gasteiger partial charge in [0.1, 0.15) is 0 Å². The van der Waals surface area contributed by atoms with Crippen LogP contribution in [0, 0.1) is 11.8 Å². The summed E-state index contributed by atoms with van der Waals surface area (Å²) in [6, 6.07) is 0.373. The average Bonchev–Trinajstić information content (AvgIpc) is 2.81. The van der Waals surface area contributed by atoms with E-state index in [0.717, 1.165) is 19.0 Å². The van der Waals surface area contributed by atoms with Crippen molar-refractivity contribution >= 4 is 11.9 Å². The van der Waals surface area contributed by atoms with Crippen LogP contribution in [0.4, 0.5) is 11.9 Å². The summed E-state index contributed by atoms with van der Waals surface area (Å²) in [5, 5.41) is 6.46. The van der Waals surface area contributed by atoms with E-state index in [1.165, 1.54) is 19.3 Å². The van der Waals surface area contributed by atoms with Crippen molar-refractivity contribution in [2.24, 2.45) is 11.8 Å². The molecule has 1 heterocycles. The Morgan fingerprint density at radius 3 is 2.43 bits per heavy atom. The lowest BCUT2D eigenvalue weighted by atomic mass is 9.98. The Labute approximate surface area is 127 Å². The maximum atomic E-state index is 5.59. The van der Waals surface area contributed by atoms with Crippen LogP contribution in [0.3, 0.4) is 0 Å². The summed E-state index contributed by atoms with van der Waals surface area (Å²) in [6.45, 7) is 9.94. The van der Waals surface area contributed by atoms with Gasteiger partial charge in [0.25, 0.3) is 0 Å². The zero-order valence-corrected chi connectivity index (χ0v) is 13.5. The Morgan fingerprint density at radius 1 is 1.14 bits per heavy atom. The van der Waals surface area contributed by atoms with E-state index in [4.69, 9.17) is 4.74 Å². The lowest BCUT2D eigenvalue weighted by Crippen LogP contribution is -2.19. The third-order valence-corrected chi connectivity index (χ3v) is 3.85. The van der Waals surface area contributed by atoms with E-state index in [2.05, 4.69) is 32.5 Å². The van der Waals surface area contributed by atoms with Crippen LogP contribution in [-0.2, 0) is 0 Å². The van der Waals surface area contributed by atoms with Crippen LogP contribution >= 0.6 is 0 Å². The van der Waals surface area contributed by atoms with Gasteiger partial charge < -0.3 is 15.4 Å². The number of nitrogens with zero attached hydrogens (tertiary/aromatic N) is 3. The van der Waals surface area contributed by atoms with Crippen LogP contribution in [0.1, 0.15) is 47.0 Å². The minimum absolute atomic E-state index is 0.0459. The summed E-state index contributed by atoms with van der Waals surface area (Å²) in [5.74, 6) is 2.64. The topological polar surface area (TPSA) is 72.0 Å². The lowest BCUT2D eigenvalue weighted by molar-refractivity contribution is 0.222. The first-order valence-corrected chi connectivity index (χ1v) is 7.99. The average molecular weight is 293 g/mol. The van der Waals surface area contributed by atoms with Crippen molar-refractivity contribution in [2.75, 3.05) is 23.7 Å². The molecule has 1 aromatic heterocycles. The van der Waals surface area contributed by atoms with Crippen molar-refractivity contribution in [3.05, 3.63) is 0 Å². The second-order valence-electron chi connectivity index (χ2n) is 6.01. The van der Waals surface area contributed by atoms with Gasteiger partial charge in [-0.3, -0.25) is 0 Å². The van der Waals surface area contributed by atoms with Crippen LogP contribution < -0.4 is 15.4 Å². The van der Waals surface area contributed by atoms with E-state index in [9.17, 15) is 0 Å². The van der Waals surface area contributed by atoms with Crippen molar-refractivity contribution in [2.45, 2.75) is 53.1 Å². The quantitative estimate of drug-likeness (QED) is 0.805. The molecular weight excluding hydrogens is 266 g/mol. The summed E-state index contributed by atoms with van der Waals surface area (Å²) < 4.78 is 5.59. The predicted molar refractivity (Wildman–Crippen MR) is 84.7 cm³/mol. The fourth-order valence-electron chi connectivity index (χ4n) is 2.68. The Kier molecular flexibility index (Phi) is 5.59. The molecule has 1 saturated carbocycles. The van der Waals surface area contributed by atoms with Crippen LogP contribution in [0.5, 0.6) is 6.01 Å². The van der Waals surface area contributed by atoms with Gasteiger partial charge in [-0.15, -0.1) is 0 Å². The Bertz CT molecular complexity index is 452. The van der Waals surface area contributed by atoms with E-state index < -0.39 is 0 Å². The number of aromatic nitrogens is 3. The molecule has 0 spiro atoms. The molecule has 1 aromatic rings. The normalized spacial score (nSPS) is 21.6. The molecule has 6 heteroatoms. The van der Waals surface area contributed by atoms with Gasteiger partial charge in [-0.25, -0.2) is 0 Å². The Hall–Kier alpha value is -1.59. The standard InChI is InChI=1S/C15H27N5O/c1-5-16-13-18-14(20-15(19-13)21-10(2)3)17-9-12-8-6-7-11(12)4/h10-12H,5-9H2,1-4H3,(H2,16,17,18,19,20). The molecule has 2 unspecified atom stereocenters. The van der Waals surface area contributed by atoms with E-state index in [0.29, 0.717) is 23.8 Å². The van der Waals surface area contributed by atoms with E-state index in [1.54, 1.807) is 0 Å². The van der Waals surface area contributed by atoms with E-state index in [-0.39, 0.29) is 6.10 Å². The summed E-state index contributed by atoms with van der Waals surface area (Å²) >= 11 is 0. The smallest absolute Gasteiger partial charge is 0.323 e. The summed E-state index contributed by atoms with van der Waals surface area (Å²) in [4.78, 5) is 13.0. The molecule has 0 saturated heterocycles. The van der Waals surface area contributed by atoms with Crippen molar-refractivity contribution in [3.8, 4) is 6.01 Å². The number of hydrogen-bond donors (Lipinski definition) is 2. The van der Waals surface area contributed by atoms with Gasteiger partial charge >= 0.3 is 6.01 Å². The van der Waals surface area contributed by atoms with Crippen LogP contribution in [-0.4, -0.2) is 34.1 Å². The van der Waals surface area contributed by atoms with Crippen LogP contribution in [0.15, 0.2) is 0 Å². The SMILES string of the molecule is CCNc1nc(NCC2CCCC2C)nc(OC(C)C)n1. The van der Waals surface area contributed by atoms with Crippen molar-refractivity contribution in [3.63, 3.8) is 0 Å². The maximum absolute atomic E-state index is 5.59. The Morgan fingerprint density at radius 2 is 1.86 bits per heavy atom. The molecule has 21 heavy (non-hydrogen) atoms. The number of rotatable bonds is 7. The van der Waals surface area contributed by atoms with E-state index in [1.807, 2.05) is 20.8 Å². The molecule has 1 fully saturated rings. The van der Waals surface area contributed by atoms with Gasteiger partial charge in [-0.05, 0) is 39.0 Å². The van der Waals surface area contributed by atoms with E-state index >= 15 is 0 Å². The highest BCUT2D eigenvalue weighted by molar-refractivity contribution is 5.35. The molecule has 0 radical (unpaired) electrons. The van der Waals surface area contributed by atoms with Gasteiger partial charge in [-0.2, -0.15) is 15.0 Å². The van der Waals surface area contributed by atoms with Crippen LogP contribution in [0.25, 0.3) is 0 Å². The molecule has 2 rings (SSSR count). The monoisotopic (exact) mass is 293 g/mol. The number of ether oxygens (including phenoxy) is 1. The molecule has 0 bridgehead atoms. The first-order valence-electron chi connectivity index (χ1n) is 7.99. The van der Waals surface area contributed by atoms with Gasteiger partial charge in [0, 0.05) is 13.1 Å². The van der Waals surface area contributed by atoms with Gasteiger partial charge in [0.2, 0.25) is 11.9 Å². The van der Waals surface area contributed by atoms with Gasteiger partial charge in [0.05, 0.1) is 6.10 Å². The van der Waals surface area contributed by atoms with Crippen molar-refractivity contribution < 1.29 is 4.74 Å². The lowest BCUT2D eigenvalue weighted by Gasteiger charge is -2.16. The van der Waals surface area contributed by atoms with Crippen molar-refractivity contribution in [1.29, 1.82) is 0 Å². The third-order valence-electron chi connectivity index (χ3n) is 3.85. The minimum atomic E-state index is 0.0459. The van der Waals surface area contributed by atoms with Crippen LogP contribution in [0.2, 0.25) is 0 Å². The van der Waals surface area contributed by atoms with Crippen molar-refractivity contribution in [1.82, 2.24) is 15.0 Å². The first-order chi connectivity index (χ1) is 10.1. The third kappa shape index (κ3) is 4.72. The number of anilines is 2. The van der Waals surface area contributed by atoms with Gasteiger partial charge in [0.15, 0.2) is 0 Å². The molecular formula is C15H27N5O. The summed E-state index contributed by atoms with van der Waals surface area (Å²) in [7, 11) is 0.